The molecule has 2 aromatic heterocycles. The predicted molar refractivity (Wildman–Crippen MR) is 88.0 cm³/mol. The summed E-state index contributed by atoms with van der Waals surface area (Å²) in [6, 6.07) is 1.97. The van der Waals surface area contributed by atoms with Crippen LogP contribution in [0, 0.1) is 6.92 Å². The van der Waals surface area contributed by atoms with Crippen LogP contribution >= 0.6 is 0 Å². The highest BCUT2D eigenvalue weighted by Crippen LogP contribution is 2.20. The highest BCUT2D eigenvalue weighted by atomic mass is 16.5. The molecule has 2 rings (SSSR count). The SMILES string of the molecule is CC/C=C(\C=C/CO)c1cn2nc(OCCC)c(C)cc2n1. The third-order valence-corrected chi connectivity index (χ3v) is 3.16. The smallest absolute Gasteiger partial charge is 0.234 e. The zero-order chi connectivity index (χ0) is 15.9. The monoisotopic (exact) mass is 301 g/mol. The lowest BCUT2D eigenvalue weighted by Gasteiger charge is -2.06. The second-order valence-electron chi connectivity index (χ2n) is 5.06. The van der Waals surface area contributed by atoms with Gasteiger partial charge in [-0.15, -0.1) is 5.10 Å². The van der Waals surface area contributed by atoms with Crippen LogP contribution in [0.5, 0.6) is 5.88 Å². The van der Waals surface area contributed by atoms with Gasteiger partial charge < -0.3 is 9.84 Å². The molecule has 118 valence electrons. The summed E-state index contributed by atoms with van der Waals surface area (Å²) in [6.07, 6.45) is 9.40. The molecule has 0 aliphatic rings. The summed E-state index contributed by atoms with van der Waals surface area (Å²) in [5.74, 6) is 0.644. The molecule has 1 N–H and O–H groups in total. The summed E-state index contributed by atoms with van der Waals surface area (Å²) < 4.78 is 7.39. The fourth-order valence-electron chi connectivity index (χ4n) is 2.13. The standard InChI is InChI=1S/C17H23N3O2/c1-4-7-14(8-6-9-21)15-12-20-16(18-15)11-13(3)17(19-20)22-10-5-2/h6-8,11-12,21H,4-5,9-10H2,1-3H3/b8-6-,14-7+. The van der Waals surface area contributed by atoms with Crippen LogP contribution < -0.4 is 4.74 Å². The zero-order valence-electron chi connectivity index (χ0n) is 13.4. The maximum Gasteiger partial charge on any atom is 0.234 e. The van der Waals surface area contributed by atoms with Crippen molar-refractivity contribution >= 4 is 11.2 Å². The van der Waals surface area contributed by atoms with Gasteiger partial charge in [-0.2, -0.15) is 0 Å². The molecule has 5 heteroatoms. The Balaban J connectivity index is 2.40. The fraction of sp³-hybridized carbons (Fsp3) is 0.412. The third-order valence-electron chi connectivity index (χ3n) is 3.16. The van der Waals surface area contributed by atoms with Gasteiger partial charge >= 0.3 is 0 Å². The Kier molecular flexibility index (Phi) is 5.72. The van der Waals surface area contributed by atoms with Crippen LogP contribution in [-0.2, 0) is 0 Å². The summed E-state index contributed by atoms with van der Waals surface area (Å²) in [6.45, 7) is 6.78. The van der Waals surface area contributed by atoms with E-state index in [9.17, 15) is 0 Å². The van der Waals surface area contributed by atoms with Crippen LogP contribution in [0.2, 0.25) is 0 Å². The molecule has 0 fully saturated rings. The van der Waals surface area contributed by atoms with Gasteiger partial charge in [0.25, 0.3) is 0 Å². The molecule has 0 unspecified atom stereocenters. The van der Waals surface area contributed by atoms with Crippen molar-refractivity contribution in [3.63, 3.8) is 0 Å². The van der Waals surface area contributed by atoms with E-state index in [0.717, 1.165) is 35.3 Å². The maximum absolute atomic E-state index is 8.96. The van der Waals surface area contributed by atoms with Gasteiger partial charge in [-0.05, 0) is 31.4 Å². The van der Waals surface area contributed by atoms with Crippen LogP contribution in [-0.4, -0.2) is 32.9 Å². The average Bonchev–Trinajstić information content (AvgIpc) is 2.91. The van der Waals surface area contributed by atoms with E-state index < -0.39 is 0 Å². The molecule has 5 nitrogen and oxygen atoms in total. The lowest BCUT2D eigenvalue weighted by Crippen LogP contribution is -2.02. The quantitative estimate of drug-likeness (QED) is 0.798. The lowest BCUT2D eigenvalue weighted by molar-refractivity contribution is 0.298. The van der Waals surface area contributed by atoms with Crippen molar-refractivity contribution in [1.82, 2.24) is 14.6 Å². The van der Waals surface area contributed by atoms with E-state index in [1.165, 1.54) is 0 Å². The second-order valence-corrected chi connectivity index (χ2v) is 5.06. The first-order valence-corrected chi connectivity index (χ1v) is 7.67. The van der Waals surface area contributed by atoms with Crippen molar-refractivity contribution in [2.45, 2.75) is 33.6 Å². The number of aliphatic hydroxyl groups excluding tert-OH is 1. The van der Waals surface area contributed by atoms with Gasteiger partial charge in [0.15, 0.2) is 5.65 Å². The Morgan fingerprint density at radius 1 is 1.41 bits per heavy atom. The topological polar surface area (TPSA) is 59.7 Å². The second kappa shape index (κ2) is 7.75. The third kappa shape index (κ3) is 3.74. The number of imidazole rings is 1. The van der Waals surface area contributed by atoms with Crippen molar-refractivity contribution < 1.29 is 9.84 Å². The molecule has 2 heterocycles. The van der Waals surface area contributed by atoms with Crippen LogP contribution in [0.3, 0.4) is 0 Å². The molecule has 0 atom stereocenters. The van der Waals surface area contributed by atoms with Gasteiger partial charge in [0.05, 0.1) is 25.1 Å². The van der Waals surface area contributed by atoms with Gasteiger partial charge in [0, 0.05) is 5.56 Å². The molecule has 0 saturated carbocycles. The van der Waals surface area contributed by atoms with Gasteiger partial charge in [-0.25, -0.2) is 9.50 Å². The van der Waals surface area contributed by atoms with Crippen molar-refractivity contribution in [2.75, 3.05) is 13.2 Å². The normalized spacial score (nSPS) is 12.5. The van der Waals surface area contributed by atoms with Gasteiger partial charge in [-0.3, -0.25) is 0 Å². The molecule has 0 radical (unpaired) electrons. The Bertz CT molecular complexity index is 687. The molecular weight excluding hydrogens is 278 g/mol. The minimum Gasteiger partial charge on any atom is -0.476 e. The minimum atomic E-state index is 0.0147. The number of ether oxygens (including phenoxy) is 1. The first-order chi connectivity index (χ1) is 10.7. The first kappa shape index (κ1) is 16.2. The molecule has 0 bridgehead atoms. The van der Waals surface area contributed by atoms with Crippen molar-refractivity contribution in [3.05, 3.63) is 41.7 Å². The van der Waals surface area contributed by atoms with E-state index in [1.807, 2.05) is 25.3 Å². The number of nitrogens with zero attached hydrogens (tertiary/aromatic N) is 3. The summed E-state index contributed by atoms with van der Waals surface area (Å²) in [5.41, 5.74) is 3.59. The van der Waals surface area contributed by atoms with Crippen LogP contribution in [0.15, 0.2) is 30.5 Å². The van der Waals surface area contributed by atoms with Crippen molar-refractivity contribution in [2.24, 2.45) is 0 Å². The Labute approximate surface area is 131 Å². The lowest BCUT2D eigenvalue weighted by atomic mass is 10.1. The molecule has 2 aromatic rings. The highest BCUT2D eigenvalue weighted by molar-refractivity contribution is 5.72. The zero-order valence-corrected chi connectivity index (χ0v) is 13.4. The summed E-state index contributed by atoms with van der Waals surface area (Å²) in [5, 5.41) is 13.4. The molecule has 0 aliphatic carbocycles. The van der Waals surface area contributed by atoms with Crippen molar-refractivity contribution in [1.29, 1.82) is 0 Å². The van der Waals surface area contributed by atoms with Gasteiger partial charge in [0.2, 0.25) is 5.88 Å². The number of rotatable bonds is 7. The number of aromatic nitrogens is 3. The highest BCUT2D eigenvalue weighted by Gasteiger charge is 2.09. The van der Waals surface area contributed by atoms with Crippen LogP contribution in [0.4, 0.5) is 0 Å². The molecule has 22 heavy (non-hydrogen) atoms. The Morgan fingerprint density at radius 3 is 2.91 bits per heavy atom. The number of fused-ring (bicyclic) bond motifs is 1. The van der Waals surface area contributed by atoms with E-state index in [4.69, 9.17) is 9.84 Å². The summed E-state index contributed by atoms with van der Waals surface area (Å²) >= 11 is 0. The minimum absolute atomic E-state index is 0.0147. The van der Waals surface area contributed by atoms with Crippen LogP contribution in [0.1, 0.15) is 37.9 Å². The first-order valence-electron chi connectivity index (χ1n) is 7.67. The fourth-order valence-corrected chi connectivity index (χ4v) is 2.13. The van der Waals surface area contributed by atoms with Gasteiger partial charge in [-0.1, -0.05) is 32.1 Å². The van der Waals surface area contributed by atoms with E-state index in [-0.39, 0.29) is 6.61 Å². The number of hydrogen-bond acceptors (Lipinski definition) is 4. The molecule has 0 spiro atoms. The molecular formula is C17H23N3O2. The van der Waals surface area contributed by atoms with Crippen molar-refractivity contribution in [3.8, 4) is 5.88 Å². The molecule has 0 aliphatic heterocycles. The number of aliphatic hydroxyl groups is 1. The number of hydrogen-bond donors (Lipinski definition) is 1. The molecule has 0 amide bonds. The summed E-state index contributed by atoms with van der Waals surface area (Å²) in [7, 11) is 0. The van der Waals surface area contributed by atoms with E-state index in [1.54, 1.807) is 10.6 Å². The number of allylic oxidation sites excluding steroid dienone is 3. The van der Waals surface area contributed by atoms with E-state index in [0.29, 0.717) is 12.5 Å². The number of aryl methyl sites for hydroxylation is 1. The maximum atomic E-state index is 8.96. The van der Waals surface area contributed by atoms with Crippen LogP contribution in [0.25, 0.3) is 11.2 Å². The largest absolute Gasteiger partial charge is 0.476 e. The molecule has 0 aromatic carbocycles. The van der Waals surface area contributed by atoms with Gasteiger partial charge in [0.1, 0.15) is 0 Å². The Morgan fingerprint density at radius 2 is 2.23 bits per heavy atom. The van der Waals surface area contributed by atoms with E-state index in [2.05, 4.69) is 30.0 Å². The predicted octanol–water partition coefficient (Wildman–Crippen LogP) is 3.17. The Hall–Kier alpha value is -2.14. The molecule has 0 saturated heterocycles. The summed E-state index contributed by atoms with van der Waals surface area (Å²) in [4.78, 5) is 4.61. The average molecular weight is 301 g/mol. The van der Waals surface area contributed by atoms with E-state index >= 15 is 0 Å².